The van der Waals surface area contributed by atoms with Gasteiger partial charge in [0, 0.05) is 8.41 Å². The van der Waals surface area contributed by atoms with Crippen LogP contribution in [0.5, 0.6) is 0 Å². The van der Waals surface area contributed by atoms with Crippen molar-refractivity contribution in [1.82, 2.24) is 0 Å². The summed E-state index contributed by atoms with van der Waals surface area (Å²) in [7, 11) is 0.137. The highest BCUT2D eigenvalue weighted by Gasteiger charge is 2.29. The lowest BCUT2D eigenvalue weighted by Crippen LogP contribution is -2.23. The first kappa shape index (κ1) is 14.0. The second kappa shape index (κ2) is 3.94. The van der Waals surface area contributed by atoms with E-state index in [9.17, 15) is 0 Å². The van der Waals surface area contributed by atoms with Gasteiger partial charge in [-0.25, -0.2) is 0 Å². The highest BCUT2D eigenvalue weighted by Crippen LogP contribution is 2.55. The lowest BCUT2D eigenvalue weighted by Gasteiger charge is -2.38. The Labute approximate surface area is 75.5 Å². The zero-order valence-corrected chi connectivity index (χ0v) is 9.92. The average Bonchev–Trinajstić information content (AvgIpc) is 1.59. The zero-order valence-electron chi connectivity index (χ0n) is 9.02. The normalized spacial score (nSPS) is 13.1. The summed E-state index contributed by atoms with van der Waals surface area (Å²) in [6.07, 6.45) is 0. The molecule has 0 aromatic carbocycles. The number of rotatable bonds is 0. The van der Waals surface area contributed by atoms with E-state index in [1.165, 1.54) is 0 Å². The molecule has 0 aromatic heterocycles. The van der Waals surface area contributed by atoms with Crippen LogP contribution in [-0.2, 0) is 0 Å². The van der Waals surface area contributed by atoms with Crippen LogP contribution in [0.2, 0.25) is 0 Å². The summed E-state index contributed by atoms with van der Waals surface area (Å²) in [5.41, 5.74) is 0. The summed E-state index contributed by atoms with van der Waals surface area (Å²) >= 11 is 0. The molecule has 11 heavy (non-hydrogen) atoms. The van der Waals surface area contributed by atoms with Gasteiger partial charge in [0.1, 0.15) is 0 Å². The van der Waals surface area contributed by atoms with Crippen molar-refractivity contribution < 1.29 is 0 Å². The summed E-state index contributed by atoms with van der Waals surface area (Å²) in [5, 5.41) is 1.02. The van der Waals surface area contributed by atoms with Crippen LogP contribution in [0.3, 0.4) is 0 Å². The molecule has 0 aliphatic carbocycles. The maximum absolute atomic E-state index is 2.40. The molecule has 0 rings (SSSR count). The fraction of sp³-hybridized carbons (Fsp3) is 1.00. The van der Waals surface area contributed by atoms with Gasteiger partial charge in [0.05, 0.1) is 0 Å². The molecule has 0 amide bonds. The molecule has 0 saturated carbocycles. The summed E-state index contributed by atoms with van der Waals surface area (Å²) in [4.78, 5) is 0. The molecule has 0 nitrogen and oxygen atoms in total. The van der Waals surface area contributed by atoms with E-state index in [1.54, 1.807) is 0 Å². The van der Waals surface area contributed by atoms with Crippen molar-refractivity contribution in [3.8, 4) is 0 Å². The molecule has 0 aliphatic heterocycles. The van der Waals surface area contributed by atoms with Crippen LogP contribution in [0.15, 0.2) is 0 Å². The molecule has 0 aromatic rings. The minimum atomic E-state index is 0. The maximum Gasteiger partial charge on any atom is 0 e. The van der Waals surface area contributed by atoms with Gasteiger partial charge >= 0.3 is 0 Å². The molecular formula is C9H21BP. The molecule has 0 spiro atoms. The summed E-state index contributed by atoms with van der Waals surface area (Å²) in [6, 6.07) is 0. The minimum absolute atomic E-state index is 0. The van der Waals surface area contributed by atoms with Gasteiger partial charge in [-0.15, -0.1) is 0 Å². The van der Waals surface area contributed by atoms with E-state index in [0.717, 1.165) is 0 Å². The summed E-state index contributed by atoms with van der Waals surface area (Å²) in [5.74, 6) is 0. The zero-order chi connectivity index (χ0) is 8.58. The van der Waals surface area contributed by atoms with Gasteiger partial charge in [0.2, 0.25) is 0 Å². The highest BCUT2D eigenvalue weighted by atomic mass is 31.1. The van der Waals surface area contributed by atoms with Crippen molar-refractivity contribution in [2.75, 3.05) is 6.66 Å². The van der Waals surface area contributed by atoms with Crippen molar-refractivity contribution in [3.05, 3.63) is 0 Å². The standard InChI is InChI=1S/C9H21P.B/c1-8(2,3)10(7)9(4,5)6;/h1-7H3;. The third-order valence-electron chi connectivity index (χ3n) is 2.01. The Bertz CT molecular complexity index is 93.7. The van der Waals surface area contributed by atoms with Crippen LogP contribution in [0.25, 0.3) is 0 Å². The van der Waals surface area contributed by atoms with Crippen LogP contribution in [-0.4, -0.2) is 25.4 Å². The van der Waals surface area contributed by atoms with Crippen molar-refractivity contribution in [2.24, 2.45) is 0 Å². The third kappa shape index (κ3) is 4.85. The SMILES string of the molecule is CP(C(C)(C)C)C(C)(C)C.[B]. The monoisotopic (exact) mass is 171 g/mol. The quantitative estimate of drug-likeness (QED) is 0.387. The molecule has 0 heterocycles. The highest BCUT2D eigenvalue weighted by molar-refractivity contribution is 7.60. The minimum Gasteiger partial charge on any atom is -0.0988 e. The molecule has 3 radical (unpaired) electrons. The van der Waals surface area contributed by atoms with Crippen molar-refractivity contribution >= 4 is 16.3 Å². The van der Waals surface area contributed by atoms with Gasteiger partial charge in [-0.05, 0) is 17.0 Å². The van der Waals surface area contributed by atoms with Crippen LogP contribution in [0, 0.1) is 0 Å². The first-order valence-corrected chi connectivity index (χ1v) is 5.68. The molecule has 0 N–H and O–H groups in total. The summed E-state index contributed by atoms with van der Waals surface area (Å²) in [6.45, 7) is 16.4. The first-order chi connectivity index (χ1) is 4.15. The molecule has 2 heteroatoms. The van der Waals surface area contributed by atoms with Crippen LogP contribution in [0.1, 0.15) is 41.5 Å². The van der Waals surface area contributed by atoms with Gasteiger partial charge < -0.3 is 0 Å². The fourth-order valence-electron chi connectivity index (χ4n) is 1.01. The molecular weight excluding hydrogens is 150 g/mol. The van der Waals surface area contributed by atoms with Crippen molar-refractivity contribution in [3.63, 3.8) is 0 Å². The number of hydrogen-bond donors (Lipinski definition) is 0. The molecule has 0 fully saturated rings. The van der Waals surface area contributed by atoms with Crippen molar-refractivity contribution in [2.45, 2.75) is 51.9 Å². The Morgan fingerprint density at radius 1 is 0.727 bits per heavy atom. The Morgan fingerprint density at radius 2 is 0.909 bits per heavy atom. The van der Waals surface area contributed by atoms with E-state index in [4.69, 9.17) is 0 Å². The van der Waals surface area contributed by atoms with E-state index in [1.807, 2.05) is 0 Å². The van der Waals surface area contributed by atoms with E-state index in [0.29, 0.717) is 10.3 Å². The Hall–Kier alpha value is 0.495. The molecule has 0 unspecified atom stereocenters. The lowest BCUT2D eigenvalue weighted by molar-refractivity contribution is 0.711. The van der Waals surface area contributed by atoms with E-state index < -0.39 is 0 Å². The molecule has 65 valence electrons. The maximum atomic E-state index is 2.40. The van der Waals surface area contributed by atoms with E-state index in [-0.39, 0.29) is 16.3 Å². The number of hydrogen-bond acceptors (Lipinski definition) is 0. The predicted octanol–water partition coefficient (Wildman–Crippen LogP) is 3.31. The largest absolute Gasteiger partial charge is 0.0988 e. The predicted molar refractivity (Wildman–Crippen MR) is 58.1 cm³/mol. The van der Waals surface area contributed by atoms with Gasteiger partial charge in [0.25, 0.3) is 0 Å². The van der Waals surface area contributed by atoms with Crippen LogP contribution >= 0.6 is 7.92 Å². The molecule has 0 bridgehead atoms. The third-order valence-corrected chi connectivity index (χ3v) is 6.04. The van der Waals surface area contributed by atoms with Gasteiger partial charge in [-0.2, -0.15) is 0 Å². The van der Waals surface area contributed by atoms with Gasteiger partial charge in [0.15, 0.2) is 0 Å². The van der Waals surface area contributed by atoms with E-state index in [2.05, 4.69) is 48.2 Å². The fourth-order valence-corrected chi connectivity index (χ4v) is 3.02. The van der Waals surface area contributed by atoms with Crippen molar-refractivity contribution in [1.29, 1.82) is 0 Å². The van der Waals surface area contributed by atoms with Crippen LogP contribution < -0.4 is 0 Å². The second-order valence-corrected chi connectivity index (χ2v) is 8.70. The lowest BCUT2D eigenvalue weighted by atomic mass is 10.2. The summed E-state index contributed by atoms with van der Waals surface area (Å²) < 4.78 is 0. The Morgan fingerprint density at radius 3 is 0.909 bits per heavy atom. The smallest absolute Gasteiger partial charge is 0 e. The molecule has 0 aliphatic rings. The Kier molecular flexibility index (Phi) is 5.03. The molecule has 0 saturated heterocycles. The first-order valence-electron chi connectivity index (χ1n) is 3.89. The Balaban J connectivity index is 0. The second-order valence-electron chi connectivity index (χ2n) is 4.90. The van der Waals surface area contributed by atoms with Crippen LogP contribution in [0.4, 0.5) is 0 Å². The van der Waals surface area contributed by atoms with Gasteiger partial charge in [-0.1, -0.05) is 49.5 Å². The van der Waals surface area contributed by atoms with E-state index >= 15 is 0 Å². The molecule has 0 atom stereocenters. The topological polar surface area (TPSA) is 0 Å². The van der Waals surface area contributed by atoms with Gasteiger partial charge in [-0.3, -0.25) is 0 Å². The average molecular weight is 171 g/mol.